The van der Waals surface area contributed by atoms with E-state index in [0.29, 0.717) is 38.2 Å². The predicted molar refractivity (Wildman–Crippen MR) is 137 cm³/mol. The zero-order chi connectivity index (χ0) is 26.3. The number of ether oxygens (including phenoxy) is 1. The van der Waals surface area contributed by atoms with Gasteiger partial charge in [0.1, 0.15) is 11.9 Å². The number of amides is 2. The maximum Gasteiger partial charge on any atom is 0.251 e. The van der Waals surface area contributed by atoms with Gasteiger partial charge in [0.15, 0.2) is 0 Å². The van der Waals surface area contributed by atoms with Crippen LogP contribution in [0, 0.1) is 11.7 Å². The second kappa shape index (κ2) is 12.6. The maximum absolute atomic E-state index is 13.3. The number of carbonyl (C=O) groups excluding carboxylic acids is 2. The molecule has 0 aromatic heterocycles. The Hall–Kier alpha value is -2.86. The second-order valence-electron chi connectivity index (χ2n) is 9.48. The third kappa shape index (κ3) is 7.81. The quantitative estimate of drug-likeness (QED) is 0.393. The Labute approximate surface area is 216 Å². The number of nitrogens with one attached hydrogen (secondary N) is 4. The van der Waals surface area contributed by atoms with E-state index in [0.717, 1.165) is 25.9 Å². The summed E-state index contributed by atoms with van der Waals surface area (Å²) >= 11 is 0. The molecule has 1 atom stereocenters. The molecule has 2 aliphatic rings. The average molecular weight is 533 g/mol. The first kappa shape index (κ1) is 27.2. The van der Waals surface area contributed by atoms with E-state index in [2.05, 4.69) is 20.7 Å². The summed E-state index contributed by atoms with van der Waals surface area (Å²) in [4.78, 5) is 26.1. The summed E-state index contributed by atoms with van der Waals surface area (Å²) in [6, 6.07) is 10.1. The fraction of sp³-hybridized carbons (Fsp3) is 0.462. The lowest BCUT2D eigenvalue weighted by atomic mass is 9.90. The molecule has 0 bridgehead atoms. The van der Waals surface area contributed by atoms with Gasteiger partial charge in [-0.15, -0.1) is 0 Å². The Kier molecular flexibility index (Phi) is 9.25. The minimum atomic E-state index is -3.70. The van der Waals surface area contributed by atoms with Crippen LogP contribution in [0.2, 0.25) is 0 Å². The minimum Gasteiger partial charge on any atom is -0.381 e. The molecule has 0 radical (unpaired) electrons. The number of hydrogen-bond donors (Lipinski definition) is 4. The largest absolute Gasteiger partial charge is 0.381 e. The molecule has 0 spiro atoms. The number of anilines is 1. The highest BCUT2D eigenvalue weighted by atomic mass is 32.2. The SMILES string of the molecule is O=C(N[C@@H](CC1CCNCC1)C(=O)Nc1ccc(S(=O)(=O)NC2CCOCC2)cc1)c1ccc(F)cc1. The first-order valence-corrected chi connectivity index (χ1v) is 14.1. The highest BCUT2D eigenvalue weighted by molar-refractivity contribution is 7.89. The number of halogens is 1. The van der Waals surface area contributed by atoms with Gasteiger partial charge in [0.25, 0.3) is 5.91 Å². The molecule has 2 aromatic rings. The molecule has 2 saturated heterocycles. The van der Waals surface area contributed by atoms with Gasteiger partial charge in [-0.3, -0.25) is 9.59 Å². The molecule has 0 saturated carbocycles. The Morgan fingerprint density at radius 1 is 0.973 bits per heavy atom. The third-order valence-electron chi connectivity index (χ3n) is 6.73. The lowest BCUT2D eigenvalue weighted by Crippen LogP contribution is -2.46. The smallest absolute Gasteiger partial charge is 0.251 e. The summed E-state index contributed by atoms with van der Waals surface area (Å²) in [6.07, 6.45) is 3.48. The van der Waals surface area contributed by atoms with Crippen LogP contribution in [0.3, 0.4) is 0 Å². The van der Waals surface area contributed by atoms with Crippen LogP contribution in [-0.4, -0.2) is 58.6 Å². The zero-order valence-electron chi connectivity index (χ0n) is 20.5. The van der Waals surface area contributed by atoms with Crippen LogP contribution in [-0.2, 0) is 19.6 Å². The van der Waals surface area contributed by atoms with Crippen molar-refractivity contribution in [2.75, 3.05) is 31.6 Å². The van der Waals surface area contributed by atoms with E-state index in [1.165, 1.54) is 48.5 Å². The minimum absolute atomic E-state index is 0.104. The first-order valence-electron chi connectivity index (χ1n) is 12.6. The molecular formula is C26H33FN4O5S. The average Bonchev–Trinajstić information content (AvgIpc) is 2.90. The number of carbonyl (C=O) groups is 2. The Balaban J connectivity index is 1.42. The van der Waals surface area contributed by atoms with Gasteiger partial charge < -0.3 is 20.7 Å². The number of benzene rings is 2. The zero-order valence-corrected chi connectivity index (χ0v) is 21.4. The van der Waals surface area contributed by atoms with E-state index in [1.807, 2.05) is 0 Å². The summed E-state index contributed by atoms with van der Waals surface area (Å²) in [6.45, 7) is 2.74. The van der Waals surface area contributed by atoms with Crippen molar-refractivity contribution >= 4 is 27.5 Å². The molecule has 0 aliphatic carbocycles. The number of sulfonamides is 1. The van der Waals surface area contributed by atoms with E-state index in [4.69, 9.17) is 4.74 Å². The summed E-state index contributed by atoms with van der Waals surface area (Å²) in [7, 11) is -3.70. The highest BCUT2D eigenvalue weighted by Gasteiger charge is 2.27. The fourth-order valence-electron chi connectivity index (χ4n) is 4.57. The monoisotopic (exact) mass is 532 g/mol. The van der Waals surface area contributed by atoms with E-state index in [1.54, 1.807) is 0 Å². The van der Waals surface area contributed by atoms with Crippen molar-refractivity contribution in [1.29, 1.82) is 0 Å². The molecule has 200 valence electrons. The van der Waals surface area contributed by atoms with Gasteiger partial charge in [0.05, 0.1) is 4.90 Å². The normalized spacial score (nSPS) is 18.2. The molecule has 11 heteroatoms. The molecule has 2 aliphatic heterocycles. The summed E-state index contributed by atoms with van der Waals surface area (Å²) in [5.41, 5.74) is 0.678. The molecule has 9 nitrogen and oxygen atoms in total. The van der Waals surface area contributed by atoms with Gasteiger partial charge in [-0.1, -0.05) is 0 Å². The van der Waals surface area contributed by atoms with Crippen molar-refractivity contribution in [1.82, 2.24) is 15.4 Å². The van der Waals surface area contributed by atoms with Gasteiger partial charge in [-0.05, 0) is 99.6 Å². The molecule has 0 unspecified atom stereocenters. The lowest BCUT2D eigenvalue weighted by Gasteiger charge is -2.27. The highest BCUT2D eigenvalue weighted by Crippen LogP contribution is 2.21. The molecule has 2 fully saturated rings. The lowest BCUT2D eigenvalue weighted by molar-refractivity contribution is -0.118. The van der Waals surface area contributed by atoms with Gasteiger partial charge in [-0.25, -0.2) is 17.5 Å². The van der Waals surface area contributed by atoms with E-state index < -0.39 is 33.7 Å². The summed E-state index contributed by atoms with van der Waals surface area (Å²) in [5.74, 6) is -1.05. The van der Waals surface area contributed by atoms with Gasteiger partial charge in [0, 0.05) is 30.5 Å². The van der Waals surface area contributed by atoms with E-state index in [9.17, 15) is 22.4 Å². The van der Waals surface area contributed by atoms with E-state index >= 15 is 0 Å². The maximum atomic E-state index is 13.3. The molecule has 2 amide bonds. The van der Waals surface area contributed by atoms with Crippen LogP contribution in [0.5, 0.6) is 0 Å². The topological polar surface area (TPSA) is 126 Å². The Morgan fingerprint density at radius 3 is 2.27 bits per heavy atom. The Bertz CT molecular complexity index is 1160. The van der Waals surface area contributed by atoms with E-state index in [-0.39, 0.29) is 22.4 Å². The van der Waals surface area contributed by atoms with Crippen LogP contribution in [0.15, 0.2) is 53.4 Å². The number of rotatable bonds is 9. The fourth-order valence-corrected chi connectivity index (χ4v) is 5.88. The van der Waals surface area contributed by atoms with Crippen LogP contribution < -0.4 is 20.7 Å². The van der Waals surface area contributed by atoms with Gasteiger partial charge in [0.2, 0.25) is 15.9 Å². The molecule has 4 rings (SSSR count). The van der Waals surface area contributed by atoms with Crippen molar-refractivity contribution < 1.29 is 27.1 Å². The summed E-state index contributed by atoms with van der Waals surface area (Å²) in [5, 5.41) is 8.88. The van der Waals surface area contributed by atoms with Crippen molar-refractivity contribution in [2.45, 2.75) is 49.1 Å². The van der Waals surface area contributed by atoms with Crippen molar-refractivity contribution in [3.05, 3.63) is 59.9 Å². The Morgan fingerprint density at radius 2 is 1.62 bits per heavy atom. The van der Waals surface area contributed by atoms with Gasteiger partial charge in [-0.2, -0.15) is 0 Å². The number of hydrogen-bond acceptors (Lipinski definition) is 6. The van der Waals surface area contributed by atoms with Crippen LogP contribution >= 0.6 is 0 Å². The van der Waals surface area contributed by atoms with Crippen molar-refractivity contribution in [2.24, 2.45) is 5.92 Å². The molecular weight excluding hydrogens is 499 g/mol. The molecule has 37 heavy (non-hydrogen) atoms. The third-order valence-corrected chi connectivity index (χ3v) is 8.27. The molecule has 2 aromatic carbocycles. The molecule has 2 heterocycles. The van der Waals surface area contributed by atoms with Gasteiger partial charge >= 0.3 is 0 Å². The van der Waals surface area contributed by atoms with Crippen LogP contribution in [0.4, 0.5) is 10.1 Å². The van der Waals surface area contributed by atoms with Crippen molar-refractivity contribution in [3.63, 3.8) is 0 Å². The predicted octanol–water partition coefficient (Wildman–Crippen LogP) is 2.41. The van der Waals surface area contributed by atoms with Crippen LogP contribution in [0.25, 0.3) is 0 Å². The molecule has 4 N–H and O–H groups in total. The number of piperidine rings is 1. The summed E-state index contributed by atoms with van der Waals surface area (Å²) < 4.78 is 46.7. The van der Waals surface area contributed by atoms with Crippen LogP contribution in [0.1, 0.15) is 42.5 Å². The van der Waals surface area contributed by atoms with Crippen molar-refractivity contribution in [3.8, 4) is 0 Å². The first-order chi connectivity index (χ1) is 17.8. The standard InChI is InChI=1S/C26H33FN4O5S/c27-20-3-1-19(2-4-20)25(32)30-24(17-18-9-13-28-14-10-18)26(33)29-21-5-7-23(8-6-21)37(34,35)31-22-11-15-36-16-12-22/h1-8,18,22,24,28,31H,9-17H2,(H,29,33)(H,30,32)/t24-/m0/s1. The second-order valence-corrected chi connectivity index (χ2v) is 11.2.